The van der Waals surface area contributed by atoms with Crippen molar-refractivity contribution >= 4 is 17.2 Å². The maximum atomic E-state index is 12.1. The SMILES string of the molecule is Cc1ccc(C(C)(O)CNC(=O)Cc2coc(-c3cccs3)n2)o1. The van der Waals surface area contributed by atoms with Crippen LogP contribution in [0.4, 0.5) is 0 Å². The lowest BCUT2D eigenvalue weighted by atomic mass is 10.0. The molecule has 6 nitrogen and oxygen atoms in total. The third kappa shape index (κ3) is 3.74. The Morgan fingerprint density at radius 2 is 2.25 bits per heavy atom. The zero-order chi connectivity index (χ0) is 17.2. The molecule has 7 heteroatoms. The van der Waals surface area contributed by atoms with Gasteiger partial charge in [-0.1, -0.05) is 6.07 Å². The van der Waals surface area contributed by atoms with Crippen LogP contribution in [0.2, 0.25) is 0 Å². The number of oxazole rings is 1. The largest absolute Gasteiger partial charge is 0.463 e. The van der Waals surface area contributed by atoms with Crippen molar-refractivity contribution in [3.05, 3.63) is 53.1 Å². The highest BCUT2D eigenvalue weighted by molar-refractivity contribution is 7.13. The molecule has 0 fully saturated rings. The van der Waals surface area contributed by atoms with E-state index in [1.165, 1.54) is 17.6 Å². The summed E-state index contributed by atoms with van der Waals surface area (Å²) in [5.74, 6) is 1.39. The van der Waals surface area contributed by atoms with Gasteiger partial charge in [-0.2, -0.15) is 0 Å². The quantitative estimate of drug-likeness (QED) is 0.716. The molecular weight excluding hydrogens is 328 g/mol. The fourth-order valence-electron chi connectivity index (χ4n) is 2.21. The monoisotopic (exact) mass is 346 g/mol. The van der Waals surface area contributed by atoms with E-state index >= 15 is 0 Å². The number of aliphatic hydroxyl groups is 1. The minimum absolute atomic E-state index is 0.0500. The predicted octanol–water partition coefficient (Wildman–Crippen LogP) is 2.87. The second-order valence-electron chi connectivity index (χ2n) is 5.76. The van der Waals surface area contributed by atoms with Crippen LogP contribution in [0, 0.1) is 6.92 Å². The first-order valence-corrected chi connectivity index (χ1v) is 8.36. The average molecular weight is 346 g/mol. The Morgan fingerprint density at radius 1 is 1.42 bits per heavy atom. The van der Waals surface area contributed by atoms with Crippen molar-refractivity contribution in [1.82, 2.24) is 10.3 Å². The second kappa shape index (κ2) is 6.62. The standard InChI is InChI=1S/C17H18N2O4S/c1-11-5-6-14(23-11)17(2,21)10-18-15(20)8-12-9-22-16(19-12)13-4-3-7-24-13/h3-7,9,21H,8,10H2,1-2H3,(H,18,20). The summed E-state index contributed by atoms with van der Waals surface area (Å²) in [4.78, 5) is 17.3. The molecule has 0 aliphatic carbocycles. The number of nitrogens with zero attached hydrogens (tertiary/aromatic N) is 1. The average Bonchev–Trinajstić information content (AvgIpc) is 3.25. The molecule has 0 saturated carbocycles. The lowest BCUT2D eigenvalue weighted by Crippen LogP contribution is -2.39. The molecule has 126 valence electrons. The number of thiophene rings is 1. The zero-order valence-corrected chi connectivity index (χ0v) is 14.2. The summed E-state index contributed by atoms with van der Waals surface area (Å²) < 4.78 is 10.8. The number of hydrogen-bond donors (Lipinski definition) is 2. The summed E-state index contributed by atoms with van der Waals surface area (Å²) >= 11 is 1.52. The number of carbonyl (C=O) groups is 1. The van der Waals surface area contributed by atoms with Gasteiger partial charge in [0, 0.05) is 0 Å². The van der Waals surface area contributed by atoms with E-state index in [-0.39, 0.29) is 18.9 Å². The first-order valence-electron chi connectivity index (χ1n) is 7.48. The molecule has 24 heavy (non-hydrogen) atoms. The van der Waals surface area contributed by atoms with E-state index in [4.69, 9.17) is 8.83 Å². The van der Waals surface area contributed by atoms with Gasteiger partial charge in [-0.25, -0.2) is 4.98 Å². The number of furan rings is 1. The molecule has 1 unspecified atom stereocenters. The lowest BCUT2D eigenvalue weighted by molar-refractivity contribution is -0.121. The van der Waals surface area contributed by atoms with Crippen LogP contribution in [0.25, 0.3) is 10.8 Å². The molecule has 1 atom stereocenters. The van der Waals surface area contributed by atoms with Crippen LogP contribution < -0.4 is 5.32 Å². The normalized spacial score (nSPS) is 13.6. The number of nitrogens with one attached hydrogen (secondary N) is 1. The van der Waals surface area contributed by atoms with Crippen molar-refractivity contribution < 1.29 is 18.7 Å². The molecule has 3 aromatic heterocycles. The van der Waals surface area contributed by atoms with E-state index < -0.39 is 5.60 Å². The predicted molar refractivity (Wildman–Crippen MR) is 89.5 cm³/mol. The summed E-state index contributed by atoms with van der Waals surface area (Å²) in [6.07, 6.45) is 1.56. The third-order valence-corrected chi connectivity index (χ3v) is 4.38. The van der Waals surface area contributed by atoms with Gasteiger partial charge >= 0.3 is 0 Å². The molecule has 1 amide bonds. The van der Waals surface area contributed by atoms with Gasteiger partial charge in [0.1, 0.15) is 23.4 Å². The van der Waals surface area contributed by atoms with Gasteiger partial charge in [-0.15, -0.1) is 11.3 Å². The molecule has 0 aliphatic heterocycles. The van der Waals surface area contributed by atoms with Crippen molar-refractivity contribution in [3.8, 4) is 10.8 Å². The Bertz CT molecular complexity index is 817. The van der Waals surface area contributed by atoms with E-state index in [0.717, 1.165) is 4.88 Å². The van der Waals surface area contributed by atoms with E-state index in [0.29, 0.717) is 23.1 Å². The fourth-order valence-corrected chi connectivity index (χ4v) is 2.87. The highest BCUT2D eigenvalue weighted by Gasteiger charge is 2.27. The number of carbonyl (C=O) groups excluding carboxylic acids is 1. The van der Waals surface area contributed by atoms with Gasteiger partial charge in [-0.05, 0) is 37.4 Å². The molecule has 0 aliphatic rings. The van der Waals surface area contributed by atoms with Crippen molar-refractivity contribution in [2.24, 2.45) is 0 Å². The molecule has 0 radical (unpaired) electrons. The second-order valence-corrected chi connectivity index (χ2v) is 6.71. The topological polar surface area (TPSA) is 88.5 Å². The smallest absolute Gasteiger partial charge is 0.236 e. The molecule has 3 rings (SSSR count). The number of amides is 1. The Labute approximate surface area is 143 Å². The Kier molecular flexibility index (Phi) is 4.55. The minimum atomic E-state index is -1.27. The highest BCUT2D eigenvalue weighted by Crippen LogP contribution is 2.24. The van der Waals surface area contributed by atoms with E-state index in [9.17, 15) is 9.90 Å². The van der Waals surface area contributed by atoms with Crippen LogP contribution in [0.3, 0.4) is 0 Å². The van der Waals surface area contributed by atoms with Gasteiger partial charge in [0.25, 0.3) is 0 Å². The molecule has 0 spiro atoms. The van der Waals surface area contributed by atoms with Crippen LogP contribution >= 0.6 is 11.3 Å². The Hall–Kier alpha value is -2.38. The Balaban J connectivity index is 1.56. The summed E-state index contributed by atoms with van der Waals surface area (Å²) in [6, 6.07) is 7.29. The first kappa shape index (κ1) is 16.5. The van der Waals surface area contributed by atoms with Crippen LogP contribution in [0.15, 0.2) is 44.7 Å². The van der Waals surface area contributed by atoms with E-state index in [1.54, 1.807) is 26.0 Å². The molecule has 3 aromatic rings. The van der Waals surface area contributed by atoms with E-state index in [1.807, 2.05) is 17.5 Å². The highest BCUT2D eigenvalue weighted by atomic mass is 32.1. The van der Waals surface area contributed by atoms with E-state index in [2.05, 4.69) is 10.3 Å². The molecule has 2 N–H and O–H groups in total. The third-order valence-electron chi connectivity index (χ3n) is 3.53. The van der Waals surface area contributed by atoms with Gasteiger partial charge in [-0.3, -0.25) is 4.79 Å². The Morgan fingerprint density at radius 3 is 2.92 bits per heavy atom. The van der Waals surface area contributed by atoms with Crippen molar-refractivity contribution in [3.63, 3.8) is 0 Å². The first-order chi connectivity index (χ1) is 11.4. The van der Waals surface area contributed by atoms with Crippen molar-refractivity contribution in [2.45, 2.75) is 25.9 Å². The molecular formula is C17H18N2O4S. The van der Waals surface area contributed by atoms with Gasteiger partial charge in [0.15, 0.2) is 0 Å². The zero-order valence-electron chi connectivity index (χ0n) is 13.4. The molecule has 0 bridgehead atoms. The number of aromatic nitrogens is 1. The van der Waals surface area contributed by atoms with Crippen molar-refractivity contribution in [2.75, 3.05) is 6.54 Å². The summed E-state index contributed by atoms with van der Waals surface area (Å²) in [7, 11) is 0. The minimum Gasteiger partial charge on any atom is -0.463 e. The van der Waals surface area contributed by atoms with Crippen LogP contribution in [-0.4, -0.2) is 22.5 Å². The number of aryl methyl sites for hydroxylation is 1. The fraction of sp³-hybridized carbons (Fsp3) is 0.294. The van der Waals surface area contributed by atoms with Gasteiger partial charge in [0.2, 0.25) is 11.8 Å². The summed E-state index contributed by atoms with van der Waals surface area (Å²) in [5, 5.41) is 15.0. The number of hydrogen-bond acceptors (Lipinski definition) is 6. The molecule has 0 aromatic carbocycles. The van der Waals surface area contributed by atoms with Crippen molar-refractivity contribution in [1.29, 1.82) is 0 Å². The van der Waals surface area contributed by atoms with Gasteiger partial charge < -0.3 is 19.3 Å². The molecule has 3 heterocycles. The summed E-state index contributed by atoms with van der Waals surface area (Å²) in [6.45, 7) is 3.44. The number of rotatable bonds is 6. The maximum absolute atomic E-state index is 12.1. The van der Waals surface area contributed by atoms with Crippen LogP contribution in [0.5, 0.6) is 0 Å². The molecule has 0 saturated heterocycles. The summed E-state index contributed by atoms with van der Waals surface area (Å²) in [5.41, 5.74) is -0.722. The van der Waals surface area contributed by atoms with Gasteiger partial charge in [0.05, 0.1) is 23.5 Å². The van der Waals surface area contributed by atoms with Crippen LogP contribution in [-0.2, 0) is 16.8 Å². The van der Waals surface area contributed by atoms with Crippen LogP contribution in [0.1, 0.15) is 24.1 Å². The maximum Gasteiger partial charge on any atom is 0.236 e. The lowest BCUT2D eigenvalue weighted by Gasteiger charge is -2.21.